The van der Waals surface area contributed by atoms with Crippen molar-refractivity contribution in [3.8, 4) is 0 Å². The molecule has 0 aliphatic carbocycles. The molecule has 1 rings (SSSR count). The van der Waals surface area contributed by atoms with Crippen LogP contribution in [-0.4, -0.2) is 76.8 Å². The molecule has 0 unspecified atom stereocenters. The Morgan fingerprint density at radius 2 is 1.65 bits per heavy atom. The number of hydrogen-bond donors (Lipinski definition) is 1. The van der Waals surface area contributed by atoms with Gasteiger partial charge >= 0.3 is 0 Å². The molecule has 0 saturated carbocycles. The van der Waals surface area contributed by atoms with E-state index >= 15 is 0 Å². The van der Waals surface area contributed by atoms with Crippen LogP contribution in [0, 0.1) is 0 Å². The molecule has 0 aromatic rings. The zero-order valence-electron chi connectivity index (χ0n) is 13.2. The minimum atomic E-state index is 0.597. The van der Waals surface area contributed by atoms with Crippen molar-refractivity contribution in [3.63, 3.8) is 0 Å². The van der Waals surface area contributed by atoms with Crippen molar-refractivity contribution in [1.82, 2.24) is 10.2 Å². The highest BCUT2D eigenvalue weighted by Crippen LogP contribution is 1.97. The third kappa shape index (κ3) is 9.66. The molecule has 5 heteroatoms. The number of piperazine rings is 1. The fourth-order valence-electron chi connectivity index (χ4n) is 2.20. The molecule has 1 saturated heterocycles. The molecule has 0 aromatic carbocycles. The van der Waals surface area contributed by atoms with Gasteiger partial charge in [-0.2, -0.15) is 0 Å². The van der Waals surface area contributed by atoms with E-state index in [0.717, 1.165) is 45.8 Å². The fourth-order valence-corrected chi connectivity index (χ4v) is 2.20. The predicted octanol–water partition coefficient (Wildman–Crippen LogP) is 1.13. The molecular weight excluding hydrogens is 256 g/mol. The first kappa shape index (κ1) is 17.9. The summed E-state index contributed by atoms with van der Waals surface area (Å²) in [5.41, 5.74) is 0. The van der Waals surface area contributed by atoms with Crippen molar-refractivity contribution in [2.75, 3.05) is 65.8 Å². The summed E-state index contributed by atoms with van der Waals surface area (Å²) in [5.74, 6) is 0. The summed E-state index contributed by atoms with van der Waals surface area (Å²) >= 11 is 0. The van der Waals surface area contributed by atoms with Gasteiger partial charge in [0, 0.05) is 38.8 Å². The lowest BCUT2D eigenvalue weighted by molar-refractivity contribution is 0.00907. The van der Waals surface area contributed by atoms with E-state index in [1.165, 1.54) is 6.42 Å². The highest BCUT2D eigenvalue weighted by Gasteiger charge is 2.14. The van der Waals surface area contributed by atoms with E-state index < -0.39 is 0 Å². The Hall–Kier alpha value is -0.200. The molecule has 0 radical (unpaired) electrons. The van der Waals surface area contributed by atoms with Gasteiger partial charge in [-0.05, 0) is 13.3 Å². The third-order valence-corrected chi connectivity index (χ3v) is 3.39. The lowest BCUT2D eigenvalue weighted by Gasteiger charge is -2.31. The van der Waals surface area contributed by atoms with Gasteiger partial charge in [0.15, 0.2) is 0 Å². The van der Waals surface area contributed by atoms with E-state index in [0.29, 0.717) is 32.5 Å². The Kier molecular flexibility index (Phi) is 11.2. The summed E-state index contributed by atoms with van der Waals surface area (Å²) in [7, 11) is 0. The summed E-state index contributed by atoms with van der Waals surface area (Å²) in [6.07, 6.45) is 2.31. The van der Waals surface area contributed by atoms with Crippen LogP contribution < -0.4 is 5.32 Å². The summed E-state index contributed by atoms with van der Waals surface area (Å²) in [5, 5.41) is 3.44. The van der Waals surface area contributed by atoms with E-state index in [4.69, 9.17) is 14.2 Å². The fraction of sp³-hybridized carbons (Fsp3) is 1.00. The van der Waals surface area contributed by atoms with E-state index in [-0.39, 0.29) is 0 Å². The largest absolute Gasteiger partial charge is 0.379 e. The molecule has 5 nitrogen and oxygen atoms in total. The van der Waals surface area contributed by atoms with E-state index in [1.807, 2.05) is 0 Å². The van der Waals surface area contributed by atoms with Gasteiger partial charge in [0.05, 0.1) is 33.0 Å². The molecule has 0 amide bonds. The Labute approximate surface area is 123 Å². The van der Waals surface area contributed by atoms with Crippen LogP contribution >= 0.6 is 0 Å². The van der Waals surface area contributed by atoms with Crippen LogP contribution in [-0.2, 0) is 14.2 Å². The number of nitrogens with one attached hydrogen (secondary N) is 1. The Bertz CT molecular complexity index is 217. The second kappa shape index (κ2) is 12.5. The van der Waals surface area contributed by atoms with Crippen LogP contribution in [0.1, 0.15) is 26.7 Å². The second-order valence-electron chi connectivity index (χ2n) is 5.35. The number of unbranched alkanes of at least 4 members (excludes halogenated alkanes) is 1. The van der Waals surface area contributed by atoms with Crippen molar-refractivity contribution in [2.24, 2.45) is 0 Å². The molecule has 1 heterocycles. The summed E-state index contributed by atoms with van der Waals surface area (Å²) in [6, 6.07) is 0.597. The smallest absolute Gasteiger partial charge is 0.0701 e. The van der Waals surface area contributed by atoms with Crippen LogP contribution in [0.5, 0.6) is 0 Å². The Balaban J connectivity index is 1.76. The predicted molar refractivity (Wildman–Crippen MR) is 81.3 cm³/mol. The maximum absolute atomic E-state index is 5.59. The summed E-state index contributed by atoms with van der Waals surface area (Å²) in [4.78, 5) is 2.45. The zero-order valence-corrected chi connectivity index (χ0v) is 13.2. The highest BCUT2D eigenvalue weighted by molar-refractivity contribution is 4.74. The molecule has 1 atom stereocenters. The molecule has 1 fully saturated rings. The van der Waals surface area contributed by atoms with Gasteiger partial charge in [0.1, 0.15) is 0 Å². The van der Waals surface area contributed by atoms with Crippen LogP contribution in [0.4, 0.5) is 0 Å². The van der Waals surface area contributed by atoms with Gasteiger partial charge in [-0.3, -0.25) is 4.90 Å². The van der Waals surface area contributed by atoms with Gasteiger partial charge in [-0.1, -0.05) is 13.3 Å². The molecule has 0 bridgehead atoms. The molecule has 1 aliphatic rings. The lowest BCUT2D eigenvalue weighted by Crippen LogP contribution is -2.49. The van der Waals surface area contributed by atoms with E-state index in [1.54, 1.807) is 0 Å². The number of hydrogen-bond acceptors (Lipinski definition) is 5. The topological polar surface area (TPSA) is 43.0 Å². The first-order chi connectivity index (χ1) is 9.83. The van der Waals surface area contributed by atoms with Crippen LogP contribution in [0.2, 0.25) is 0 Å². The van der Waals surface area contributed by atoms with Gasteiger partial charge in [-0.15, -0.1) is 0 Å². The average Bonchev–Trinajstić information content (AvgIpc) is 2.45. The van der Waals surface area contributed by atoms with Crippen molar-refractivity contribution in [1.29, 1.82) is 0 Å². The van der Waals surface area contributed by atoms with Crippen molar-refractivity contribution >= 4 is 0 Å². The SMILES string of the molecule is CCCCOCCOCCOCCN1CCN[C@H](C)C1. The van der Waals surface area contributed by atoms with Crippen LogP contribution in [0.25, 0.3) is 0 Å². The van der Waals surface area contributed by atoms with Crippen molar-refractivity contribution in [3.05, 3.63) is 0 Å². The van der Waals surface area contributed by atoms with Crippen LogP contribution in [0.15, 0.2) is 0 Å². The van der Waals surface area contributed by atoms with Crippen molar-refractivity contribution < 1.29 is 14.2 Å². The first-order valence-electron chi connectivity index (χ1n) is 8.02. The maximum atomic E-state index is 5.59. The summed E-state index contributed by atoms with van der Waals surface area (Å²) in [6.45, 7) is 13.1. The normalized spacial score (nSPS) is 20.4. The molecule has 1 aliphatic heterocycles. The van der Waals surface area contributed by atoms with Gasteiger partial charge in [-0.25, -0.2) is 0 Å². The average molecular weight is 288 g/mol. The number of rotatable bonds is 12. The maximum Gasteiger partial charge on any atom is 0.0701 e. The molecule has 20 heavy (non-hydrogen) atoms. The first-order valence-corrected chi connectivity index (χ1v) is 8.02. The van der Waals surface area contributed by atoms with E-state index in [9.17, 15) is 0 Å². The molecule has 120 valence electrons. The molecule has 1 N–H and O–H groups in total. The minimum Gasteiger partial charge on any atom is -0.379 e. The Morgan fingerprint density at radius 1 is 1.00 bits per heavy atom. The van der Waals surface area contributed by atoms with Gasteiger partial charge in [0.2, 0.25) is 0 Å². The number of ether oxygens (including phenoxy) is 3. The van der Waals surface area contributed by atoms with Gasteiger partial charge in [0.25, 0.3) is 0 Å². The standard InChI is InChI=1S/C15H32N2O3/c1-3-4-8-18-10-12-20-13-11-19-9-7-17-6-5-16-15(2)14-17/h15-16H,3-14H2,1-2H3/t15-/m1/s1. The van der Waals surface area contributed by atoms with Gasteiger partial charge < -0.3 is 19.5 Å². The molecule has 0 aromatic heterocycles. The highest BCUT2D eigenvalue weighted by atomic mass is 16.5. The van der Waals surface area contributed by atoms with Crippen LogP contribution in [0.3, 0.4) is 0 Å². The van der Waals surface area contributed by atoms with Crippen molar-refractivity contribution in [2.45, 2.75) is 32.7 Å². The summed E-state index contributed by atoms with van der Waals surface area (Å²) < 4.78 is 16.5. The quantitative estimate of drug-likeness (QED) is 0.545. The zero-order chi connectivity index (χ0) is 14.5. The third-order valence-electron chi connectivity index (χ3n) is 3.39. The number of nitrogens with zero attached hydrogens (tertiary/aromatic N) is 1. The Morgan fingerprint density at radius 3 is 2.30 bits per heavy atom. The minimum absolute atomic E-state index is 0.597. The molecule has 0 spiro atoms. The molecular formula is C15H32N2O3. The second-order valence-corrected chi connectivity index (χ2v) is 5.35. The monoisotopic (exact) mass is 288 g/mol. The van der Waals surface area contributed by atoms with E-state index in [2.05, 4.69) is 24.1 Å². The lowest BCUT2D eigenvalue weighted by atomic mass is 10.2.